The zero-order chi connectivity index (χ0) is 16.5. The average molecular weight is 314 g/mol. The van der Waals surface area contributed by atoms with E-state index < -0.39 is 17.3 Å². The van der Waals surface area contributed by atoms with E-state index in [-0.39, 0.29) is 30.4 Å². The monoisotopic (exact) mass is 314 g/mol. The molecule has 0 aromatic heterocycles. The van der Waals surface area contributed by atoms with Gasteiger partial charge in [0.2, 0.25) is 0 Å². The van der Waals surface area contributed by atoms with Crippen LogP contribution in [-0.4, -0.2) is 43.7 Å². The van der Waals surface area contributed by atoms with Gasteiger partial charge in [-0.05, 0) is 34.6 Å². The van der Waals surface area contributed by atoms with Crippen molar-refractivity contribution in [2.75, 3.05) is 19.8 Å². The summed E-state index contributed by atoms with van der Waals surface area (Å²) in [6.45, 7) is 10.2. The average Bonchev–Trinajstić information content (AvgIpc) is 2.66. The van der Waals surface area contributed by atoms with E-state index in [1.165, 1.54) is 0 Å². The number of rotatable bonds is 6. The third-order valence-corrected chi connectivity index (χ3v) is 4.18. The number of cyclic esters (lactones) is 1. The third kappa shape index (κ3) is 2.99. The van der Waals surface area contributed by atoms with Crippen LogP contribution in [0, 0.1) is 17.3 Å². The zero-order valence-electron chi connectivity index (χ0n) is 14.0. The van der Waals surface area contributed by atoms with E-state index in [1.54, 1.807) is 20.8 Å². The summed E-state index contributed by atoms with van der Waals surface area (Å²) in [7, 11) is 0. The Morgan fingerprint density at radius 2 is 1.86 bits per heavy atom. The molecule has 126 valence electrons. The highest BCUT2D eigenvalue weighted by atomic mass is 16.7. The normalized spacial score (nSPS) is 29.5. The Balaban J connectivity index is 2.05. The predicted molar refractivity (Wildman–Crippen MR) is 77.9 cm³/mol. The molecule has 6 nitrogen and oxygen atoms in total. The van der Waals surface area contributed by atoms with Crippen LogP contribution in [0.1, 0.15) is 41.0 Å². The van der Waals surface area contributed by atoms with Crippen LogP contribution in [0.4, 0.5) is 0 Å². The Morgan fingerprint density at radius 1 is 1.27 bits per heavy atom. The van der Waals surface area contributed by atoms with E-state index in [2.05, 4.69) is 0 Å². The van der Waals surface area contributed by atoms with Crippen molar-refractivity contribution in [1.82, 2.24) is 0 Å². The van der Waals surface area contributed by atoms with Crippen LogP contribution < -0.4 is 0 Å². The van der Waals surface area contributed by atoms with E-state index in [1.807, 2.05) is 13.8 Å². The summed E-state index contributed by atoms with van der Waals surface area (Å²) < 4.78 is 22.3. The van der Waals surface area contributed by atoms with E-state index in [4.69, 9.17) is 18.9 Å². The van der Waals surface area contributed by atoms with Gasteiger partial charge in [-0.1, -0.05) is 0 Å². The minimum absolute atomic E-state index is 0.0465. The summed E-state index contributed by atoms with van der Waals surface area (Å²) in [4.78, 5) is 23.8. The minimum Gasteiger partial charge on any atom is -0.461 e. The Hall–Kier alpha value is -1.14. The van der Waals surface area contributed by atoms with Gasteiger partial charge in [0, 0.05) is 19.6 Å². The summed E-state index contributed by atoms with van der Waals surface area (Å²) in [5.41, 5.74) is -0.585. The summed E-state index contributed by atoms with van der Waals surface area (Å²) in [6, 6.07) is 0. The zero-order valence-corrected chi connectivity index (χ0v) is 14.0. The van der Waals surface area contributed by atoms with Gasteiger partial charge in [0.1, 0.15) is 12.7 Å². The molecule has 2 aliphatic rings. The van der Waals surface area contributed by atoms with Gasteiger partial charge in [-0.2, -0.15) is 0 Å². The van der Waals surface area contributed by atoms with Crippen LogP contribution in [0.2, 0.25) is 0 Å². The fourth-order valence-corrected chi connectivity index (χ4v) is 3.15. The molecule has 1 aliphatic carbocycles. The van der Waals surface area contributed by atoms with Crippen LogP contribution in [0.15, 0.2) is 0 Å². The Morgan fingerprint density at radius 3 is 2.36 bits per heavy atom. The van der Waals surface area contributed by atoms with Crippen molar-refractivity contribution >= 4 is 11.9 Å². The highest BCUT2D eigenvalue weighted by Crippen LogP contribution is 2.54. The second-order valence-corrected chi connectivity index (χ2v) is 6.84. The van der Waals surface area contributed by atoms with E-state index in [0.717, 1.165) is 0 Å². The predicted octanol–water partition coefficient (Wildman–Crippen LogP) is 1.91. The summed E-state index contributed by atoms with van der Waals surface area (Å²) in [5, 5.41) is 0. The van der Waals surface area contributed by atoms with Crippen molar-refractivity contribution in [1.29, 1.82) is 0 Å². The maximum absolute atomic E-state index is 11.9. The lowest BCUT2D eigenvalue weighted by Gasteiger charge is -2.49. The largest absolute Gasteiger partial charge is 0.461 e. The molecule has 0 unspecified atom stereocenters. The van der Waals surface area contributed by atoms with Crippen molar-refractivity contribution in [2.45, 2.75) is 52.9 Å². The van der Waals surface area contributed by atoms with E-state index in [0.29, 0.717) is 19.6 Å². The topological polar surface area (TPSA) is 71.1 Å². The first-order valence-corrected chi connectivity index (χ1v) is 7.90. The van der Waals surface area contributed by atoms with Crippen molar-refractivity contribution in [3.8, 4) is 0 Å². The molecule has 1 saturated heterocycles. The molecule has 6 heteroatoms. The van der Waals surface area contributed by atoms with Crippen molar-refractivity contribution in [3.05, 3.63) is 0 Å². The van der Waals surface area contributed by atoms with Gasteiger partial charge in [-0.15, -0.1) is 0 Å². The van der Waals surface area contributed by atoms with E-state index >= 15 is 0 Å². The Labute approximate surface area is 131 Å². The molecule has 1 aliphatic heterocycles. The maximum Gasteiger partial charge on any atom is 0.311 e. The Bertz CT molecular complexity index is 432. The molecular weight excluding hydrogens is 288 g/mol. The molecule has 2 rings (SSSR count). The first-order chi connectivity index (χ1) is 10.2. The van der Waals surface area contributed by atoms with Crippen LogP contribution in [0.3, 0.4) is 0 Å². The number of carbonyl (C=O) groups is 2. The second kappa shape index (κ2) is 6.16. The fourth-order valence-electron chi connectivity index (χ4n) is 3.15. The lowest BCUT2D eigenvalue weighted by atomic mass is 9.66. The van der Waals surface area contributed by atoms with Crippen LogP contribution in [-0.2, 0) is 28.5 Å². The molecule has 0 radical (unpaired) electrons. The standard InChI is InChI=1S/C16H26O6/c1-6-20-16(21-7-2)8-10-12(16)11(22-13(10)17)9-19-14(18)15(3,4)5/h10-12H,6-9H2,1-5H3/t10-,11+,12+/m0/s1. The lowest BCUT2D eigenvalue weighted by molar-refractivity contribution is -0.325. The first kappa shape index (κ1) is 17.2. The van der Waals surface area contributed by atoms with Crippen molar-refractivity contribution < 1.29 is 28.5 Å². The lowest BCUT2D eigenvalue weighted by Crippen LogP contribution is -2.60. The van der Waals surface area contributed by atoms with Gasteiger partial charge in [0.15, 0.2) is 5.79 Å². The highest BCUT2D eigenvalue weighted by Gasteiger charge is 2.67. The molecule has 1 heterocycles. The van der Waals surface area contributed by atoms with E-state index in [9.17, 15) is 9.59 Å². The molecule has 22 heavy (non-hydrogen) atoms. The molecule has 0 N–H and O–H groups in total. The van der Waals surface area contributed by atoms with Gasteiger partial charge in [0.25, 0.3) is 0 Å². The molecule has 0 spiro atoms. The molecule has 0 bridgehead atoms. The van der Waals surface area contributed by atoms with Gasteiger partial charge < -0.3 is 18.9 Å². The summed E-state index contributed by atoms with van der Waals surface area (Å²) in [6.07, 6.45) is -0.00215. The number of carbonyl (C=O) groups excluding carboxylic acids is 2. The number of ether oxygens (including phenoxy) is 4. The maximum atomic E-state index is 11.9. The molecule has 0 amide bonds. The number of esters is 2. The second-order valence-electron chi connectivity index (χ2n) is 6.84. The molecule has 3 atom stereocenters. The van der Waals surface area contributed by atoms with Gasteiger partial charge in [-0.3, -0.25) is 9.59 Å². The Kier molecular flexibility index (Phi) is 4.82. The number of hydrogen-bond donors (Lipinski definition) is 0. The van der Waals surface area contributed by atoms with Crippen LogP contribution in [0.5, 0.6) is 0 Å². The van der Waals surface area contributed by atoms with Crippen molar-refractivity contribution in [2.24, 2.45) is 17.3 Å². The van der Waals surface area contributed by atoms with Crippen LogP contribution in [0.25, 0.3) is 0 Å². The van der Waals surface area contributed by atoms with Crippen LogP contribution >= 0.6 is 0 Å². The third-order valence-electron chi connectivity index (χ3n) is 4.18. The molecule has 2 fully saturated rings. The minimum atomic E-state index is -0.793. The molecule has 0 aromatic carbocycles. The molecular formula is C16H26O6. The van der Waals surface area contributed by atoms with Gasteiger partial charge in [0.05, 0.1) is 17.3 Å². The molecule has 1 saturated carbocycles. The highest BCUT2D eigenvalue weighted by molar-refractivity contribution is 5.78. The quantitative estimate of drug-likeness (QED) is 0.551. The SMILES string of the molecule is CCOC1(OCC)C[C@@H]2C(=O)O[C@H](COC(=O)C(C)(C)C)[C@@H]21. The first-order valence-electron chi connectivity index (χ1n) is 7.90. The summed E-state index contributed by atoms with van der Waals surface area (Å²) >= 11 is 0. The van der Waals surface area contributed by atoms with Crippen molar-refractivity contribution in [3.63, 3.8) is 0 Å². The smallest absolute Gasteiger partial charge is 0.311 e. The number of hydrogen-bond acceptors (Lipinski definition) is 6. The van der Waals surface area contributed by atoms with Gasteiger partial charge in [-0.25, -0.2) is 0 Å². The molecule has 0 aromatic rings. The number of fused-ring (bicyclic) bond motifs is 1. The summed E-state index contributed by atoms with van der Waals surface area (Å²) in [5.74, 6) is -1.80. The fraction of sp³-hybridized carbons (Fsp3) is 0.875. The van der Waals surface area contributed by atoms with Gasteiger partial charge >= 0.3 is 11.9 Å².